The van der Waals surface area contributed by atoms with E-state index in [1.54, 1.807) is 7.11 Å². The van der Waals surface area contributed by atoms with E-state index in [9.17, 15) is 4.79 Å². The third kappa shape index (κ3) is 4.15. The molecule has 1 aromatic heterocycles. The zero-order valence-electron chi connectivity index (χ0n) is 16.2. The van der Waals surface area contributed by atoms with Crippen molar-refractivity contribution in [2.75, 3.05) is 7.11 Å². The summed E-state index contributed by atoms with van der Waals surface area (Å²) >= 11 is 1.38. The minimum absolute atomic E-state index is 0.0397. The second-order valence-corrected chi connectivity index (χ2v) is 7.69. The average Bonchev–Trinajstić information content (AvgIpc) is 2.78. The summed E-state index contributed by atoms with van der Waals surface area (Å²) in [6.45, 7) is 1.95. The van der Waals surface area contributed by atoms with E-state index in [0.29, 0.717) is 10.7 Å². The molecule has 0 radical (unpaired) electrons. The van der Waals surface area contributed by atoms with Gasteiger partial charge in [-0.25, -0.2) is 9.97 Å². The van der Waals surface area contributed by atoms with Gasteiger partial charge < -0.3 is 4.74 Å². The minimum Gasteiger partial charge on any atom is -0.497 e. The molecule has 0 aliphatic heterocycles. The van der Waals surface area contributed by atoms with Crippen LogP contribution in [0.1, 0.15) is 26.9 Å². The standard InChI is InChI=1S/C24H20N2O2S/c1-16-20-15-19(28-2)13-14-21(20)26-24(25-16)29-23(18-11-7-4-8-12-18)22(27)17-9-5-3-6-10-17/h3-15,23H,1-2H3. The molecule has 5 heteroatoms. The van der Waals surface area contributed by atoms with Crippen LogP contribution in [0.25, 0.3) is 10.9 Å². The van der Waals surface area contributed by atoms with Gasteiger partial charge in [-0.3, -0.25) is 4.79 Å². The molecule has 0 saturated heterocycles. The Morgan fingerprint density at radius 2 is 1.62 bits per heavy atom. The van der Waals surface area contributed by atoms with Crippen molar-refractivity contribution >= 4 is 28.4 Å². The lowest BCUT2D eigenvalue weighted by molar-refractivity contribution is 0.0989. The third-order valence-corrected chi connectivity index (χ3v) is 5.81. The summed E-state index contributed by atoms with van der Waals surface area (Å²) in [5, 5.41) is 1.10. The lowest BCUT2D eigenvalue weighted by Crippen LogP contribution is -2.11. The number of aryl methyl sites for hydroxylation is 1. The number of hydrogen-bond acceptors (Lipinski definition) is 5. The molecule has 1 unspecified atom stereocenters. The van der Waals surface area contributed by atoms with E-state index in [-0.39, 0.29) is 5.78 Å². The Kier molecular flexibility index (Phi) is 5.58. The van der Waals surface area contributed by atoms with Gasteiger partial charge in [0.25, 0.3) is 0 Å². The molecule has 0 fully saturated rings. The zero-order chi connectivity index (χ0) is 20.2. The highest BCUT2D eigenvalue weighted by Crippen LogP contribution is 2.37. The number of methoxy groups -OCH3 is 1. The summed E-state index contributed by atoms with van der Waals surface area (Å²) in [7, 11) is 1.64. The summed E-state index contributed by atoms with van der Waals surface area (Å²) in [5.41, 5.74) is 3.30. The van der Waals surface area contributed by atoms with Crippen LogP contribution in [-0.2, 0) is 0 Å². The number of fused-ring (bicyclic) bond motifs is 1. The fourth-order valence-corrected chi connectivity index (χ4v) is 4.26. The highest BCUT2D eigenvalue weighted by atomic mass is 32.2. The molecule has 144 valence electrons. The molecule has 0 N–H and O–H groups in total. The maximum absolute atomic E-state index is 13.3. The molecule has 0 spiro atoms. The second kappa shape index (κ2) is 8.45. The normalized spacial score (nSPS) is 11.9. The van der Waals surface area contributed by atoms with Crippen LogP contribution in [0, 0.1) is 6.92 Å². The Balaban J connectivity index is 1.74. The lowest BCUT2D eigenvalue weighted by Gasteiger charge is -2.16. The first-order chi connectivity index (χ1) is 14.2. The maximum Gasteiger partial charge on any atom is 0.189 e. The summed E-state index contributed by atoms with van der Waals surface area (Å²) in [6, 6.07) is 24.9. The van der Waals surface area contributed by atoms with Crippen molar-refractivity contribution in [2.45, 2.75) is 17.3 Å². The van der Waals surface area contributed by atoms with Crippen molar-refractivity contribution in [1.82, 2.24) is 9.97 Å². The van der Waals surface area contributed by atoms with Crippen LogP contribution in [0.5, 0.6) is 5.75 Å². The van der Waals surface area contributed by atoms with Crippen molar-refractivity contribution in [1.29, 1.82) is 0 Å². The molecule has 0 aliphatic carbocycles. The maximum atomic E-state index is 13.3. The van der Waals surface area contributed by atoms with Gasteiger partial charge in [-0.1, -0.05) is 72.4 Å². The van der Waals surface area contributed by atoms with E-state index >= 15 is 0 Å². The molecule has 29 heavy (non-hydrogen) atoms. The molecule has 0 saturated carbocycles. The number of thioether (sulfide) groups is 1. The first kappa shape index (κ1) is 19.2. The fraction of sp³-hybridized carbons (Fsp3) is 0.125. The van der Waals surface area contributed by atoms with E-state index in [2.05, 4.69) is 4.98 Å². The predicted molar refractivity (Wildman–Crippen MR) is 117 cm³/mol. The van der Waals surface area contributed by atoms with Gasteiger partial charge >= 0.3 is 0 Å². The van der Waals surface area contributed by atoms with Gasteiger partial charge in [-0.15, -0.1) is 0 Å². The van der Waals surface area contributed by atoms with Crippen LogP contribution in [0.4, 0.5) is 0 Å². The molecule has 4 rings (SSSR count). The number of benzene rings is 3. The Morgan fingerprint density at radius 1 is 0.931 bits per heavy atom. The van der Waals surface area contributed by atoms with Crippen molar-refractivity contribution < 1.29 is 9.53 Å². The highest BCUT2D eigenvalue weighted by molar-refractivity contribution is 8.00. The number of aromatic nitrogens is 2. The largest absolute Gasteiger partial charge is 0.497 e. The molecule has 1 atom stereocenters. The third-order valence-electron chi connectivity index (χ3n) is 4.69. The quantitative estimate of drug-likeness (QED) is 0.237. The number of carbonyl (C=O) groups excluding carboxylic acids is 1. The van der Waals surface area contributed by atoms with E-state index in [4.69, 9.17) is 9.72 Å². The van der Waals surface area contributed by atoms with Crippen LogP contribution >= 0.6 is 11.8 Å². The first-order valence-electron chi connectivity index (χ1n) is 9.29. The van der Waals surface area contributed by atoms with E-state index in [1.165, 1.54) is 11.8 Å². The van der Waals surface area contributed by atoms with Crippen LogP contribution in [0.3, 0.4) is 0 Å². The molecule has 4 nitrogen and oxygen atoms in total. The summed E-state index contributed by atoms with van der Waals surface area (Å²) in [5.74, 6) is 0.809. The number of nitrogens with zero attached hydrogens (tertiary/aromatic N) is 2. The Morgan fingerprint density at radius 3 is 2.31 bits per heavy atom. The van der Waals surface area contributed by atoms with Crippen molar-refractivity contribution in [3.63, 3.8) is 0 Å². The predicted octanol–water partition coefficient (Wildman–Crippen LogP) is 5.66. The van der Waals surface area contributed by atoms with E-state index in [1.807, 2.05) is 85.8 Å². The van der Waals surface area contributed by atoms with Gasteiger partial charge in [0.15, 0.2) is 10.9 Å². The minimum atomic E-state index is -0.423. The Labute approximate surface area is 174 Å². The monoisotopic (exact) mass is 400 g/mol. The number of ether oxygens (including phenoxy) is 1. The number of ketones is 1. The second-order valence-electron chi connectivity index (χ2n) is 6.61. The van der Waals surface area contributed by atoms with Crippen LogP contribution in [0.15, 0.2) is 84.0 Å². The van der Waals surface area contributed by atoms with E-state index in [0.717, 1.165) is 27.9 Å². The van der Waals surface area contributed by atoms with Crippen molar-refractivity contribution in [2.24, 2.45) is 0 Å². The SMILES string of the molecule is COc1ccc2nc(SC(C(=O)c3ccccc3)c3ccccc3)nc(C)c2c1. The van der Waals surface area contributed by atoms with Gasteiger partial charge in [0, 0.05) is 16.6 Å². The smallest absolute Gasteiger partial charge is 0.189 e. The van der Waals surface area contributed by atoms with Gasteiger partial charge in [-0.2, -0.15) is 0 Å². The molecular weight excluding hydrogens is 380 g/mol. The van der Waals surface area contributed by atoms with Crippen LogP contribution in [0.2, 0.25) is 0 Å². The summed E-state index contributed by atoms with van der Waals surface area (Å²) in [4.78, 5) is 22.6. The van der Waals surface area contributed by atoms with Gasteiger partial charge in [-0.05, 0) is 30.7 Å². The first-order valence-corrected chi connectivity index (χ1v) is 10.2. The van der Waals surface area contributed by atoms with Crippen molar-refractivity contribution in [3.05, 3.63) is 95.7 Å². The van der Waals surface area contributed by atoms with Gasteiger partial charge in [0.1, 0.15) is 11.0 Å². The summed E-state index contributed by atoms with van der Waals surface area (Å²) in [6.07, 6.45) is 0. The average molecular weight is 401 g/mol. The number of carbonyl (C=O) groups is 1. The van der Waals surface area contributed by atoms with Crippen LogP contribution in [-0.4, -0.2) is 22.9 Å². The molecule has 3 aromatic carbocycles. The molecule has 0 aliphatic rings. The fourth-order valence-electron chi connectivity index (χ4n) is 3.17. The number of Topliss-reactive ketones (excluding diaryl/α,β-unsaturated/α-hetero) is 1. The van der Waals surface area contributed by atoms with Gasteiger partial charge in [0.2, 0.25) is 0 Å². The molecule has 0 bridgehead atoms. The summed E-state index contributed by atoms with van der Waals surface area (Å²) < 4.78 is 5.30. The topological polar surface area (TPSA) is 52.1 Å². The molecule has 4 aromatic rings. The van der Waals surface area contributed by atoms with E-state index < -0.39 is 5.25 Å². The molecule has 0 amide bonds. The zero-order valence-corrected chi connectivity index (χ0v) is 17.0. The Hall–Kier alpha value is -3.18. The molecular formula is C24H20N2O2S. The van der Waals surface area contributed by atoms with Crippen LogP contribution < -0.4 is 4.74 Å². The highest BCUT2D eigenvalue weighted by Gasteiger charge is 2.25. The lowest BCUT2D eigenvalue weighted by atomic mass is 10.0. The molecule has 1 heterocycles. The van der Waals surface area contributed by atoms with Crippen molar-refractivity contribution in [3.8, 4) is 5.75 Å². The van der Waals surface area contributed by atoms with Gasteiger partial charge in [0.05, 0.1) is 12.6 Å². The number of hydrogen-bond donors (Lipinski definition) is 0. The Bertz CT molecular complexity index is 1150. The number of rotatable bonds is 6.